The third kappa shape index (κ3) is 3.11. The zero-order valence-corrected chi connectivity index (χ0v) is 13.6. The Morgan fingerprint density at radius 2 is 1.67 bits per heavy atom. The van der Waals surface area contributed by atoms with Gasteiger partial charge >= 0.3 is 0 Å². The third-order valence-corrected chi connectivity index (χ3v) is 4.55. The van der Waals surface area contributed by atoms with Crippen LogP contribution in [0.1, 0.15) is 17.2 Å². The standard InChI is InChI=1S/C13H9Cl3IN/c14-8-2-4-12(17)9(6-8)13(18)7-1-3-10(15)11(16)5-7/h1-6,13H,18H2. The Hall–Kier alpha value is -0.000000000000000111. The molecule has 0 aliphatic rings. The Kier molecular flexibility index (Phi) is 4.78. The van der Waals surface area contributed by atoms with E-state index in [-0.39, 0.29) is 6.04 Å². The van der Waals surface area contributed by atoms with Gasteiger partial charge in [0.25, 0.3) is 0 Å². The highest BCUT2D eigenvalue weighted by atomic mass is 127. The van der Waals surface area contributed by atoms with E-state index in [0.29, 0.717) is 15.1 Å². The summed E-state index contributed by atoms with van der Waals surface area (Å²) < 4.78 is 1.07. The Morgan fingerprint density at radius 1 is 0.944 bits per heavy atom. The summed E-state index contributed by atoms with van der Waals surface area (Å²) in [5.74, 6) is 0. The van der Waals surface area contributed by atoms with Crippen LogP contribution in [0.2, 0.25) is 15.1 Å². The first kappa shape index (κ1) is 14.4. The van der Waals surface area contributed by atoms with Crippen molar-refractivity contribution < 1.29 is 0 Å². The van der Waals surface area contributed by atoms with Crippen LogP contribution in [0.4, 0.5) is 0 Å². The fourth-order valence-corrected chi connectivity index (χ4v) is 2.80. The van der Waals surface area contributed by atoms with Crippen LogP contribution in [-0.4, -0.2) is 0 Å². The lowest BCUT2D eigenvalue weighted by molar-refractivity contribution is 0.865. The maximum atomic E-state index is 6.24. The van der Waals surface area contributed by atoms with Gasteiger partial charge in [-0.1, -0.05) is 40.9 Å². The zero-order chi connectivity index (χ0) is 13.3. The molecule has 2 aromatic rings. The first-order valence-electron chi connectivity index (χ1n) is 5.14. The van der Waals surface area contributed by atoms with Gasteiger partial charge in [-0.15, -0.1) is 0 Å². The number of hydrogen-bond donors (Lipinski definition) is 1. The first-order valence-corrected chi connectivity index (χ1v) is 7.36. The highest BCUT2D eigenvalue weighted by Crippen LogP contribution is 2.30. The van der Waals surface area contributed by atoms with Crippen molar-refractivity contribution in [3.8, 4) is 0 Å². The maximum absolute atomic E-state index is 6.24. The predicted octanol–water partition coefficient (Wildman–Crippen LogP) is 5.30. The second kappa shape index (κ2) is 5.97. The molecule has 1 nitrogen and oxygen atoms in total. The van der Waals surface area contributed by atoms with Crippen molar-refractivity contribution in [3.63, 3.8) is 0 Å². The van der Waals surface area contributed by atoms with Crippen molar-refractivity contribution in [2.75, 3.05) is 0 Å². The van der Waals surface area contributed by atoms with Gasteiger partial charge in [0.2, 0.25) is 0 Å². The van der Waals surface area contributed by atoms with Gasteiger partial charge in [0.15, 0.2) is 0 Å². The van der Waals surface area contributed by atoms with Crippen molar-refractivity contribution in [1.82, 2.24) is 0 Å². The number of hydrogen-bond acceptors (Lipinski definition) is 1. The van der Waals surface area contributed by atoms with Crippen LogP contribution >= 0.6 is 57.4 Å². The van der Waals surface area contributed by atoms with E-state index in [1.54, 1.807) is 12.1 Å². The van der Waals surface area contributed by atoms with E-state index in [4.69, 9.17) is 40.5 Å². The number of benzene rings is 2. The highest BCUT2D eigenvalue weighted by Gasteiger charge is 2.14. The molecule has 0 aromatic heterocycles. The van der Waals surface area contributed by atoms with Crippen LogP contribution in [0.25, 0.3) is 0 Å². The summed E-state index contributed by atoms with van der Waals surface area (Å²) >= 11 is 20.1. The van der Waals surface area contributed by atoms with E-state index in [2.05, 4.69) is 22.6 Å². The average Bonchev–Trinajstić information content (AvgIpc) is 2.35. The van der Waals surface area contributed by atoms with Crippen LogP contribution in [0.3, 0.4) is 0 Å². The van der Waals surface area contributed by atoms with E-state index in [1.807, 2.05) is 24.3 Å². The summed E-state index contributed by atoms with van der Waals surface area (Å²) in [4.78, 5) is 0. The molecule has 1 atom stereocenters. The van der Waals surface area contributed by atoms with Gasteiger partial charge in [-0.25, -0.2) is 0 Å². The summed E-state index contributed by atoms with van der Waals surface area (Å²) in [6, 6.07) is 10.8. The van der Waals surface area contributed by atoms with Crippen LogP contribution in [0.15, 0.2) is 36.4 Å². The Morgan fingerprint density at radius 3 is 2.33 bits per heavy atom. The fraction of sp³-hybridized carbons (Fsp3) is 0.0769. The molecular formula is C13H9Cl3IN. The summed E-state index contributed by atoms with van der Waals surface area (Å²) in [5.41, 5.74) is 8.12. The van der Waals surface area contributed by atoms with Gasteiger partial charge in [0, 0.05) is 8.59 Å². The molecule has 0 aliphatic carbocycles. The minimum Gasteiger partial charge on any atom is -0.320 e. The molecule has 94 valence electrons. The summed E-state index contributed by atoms with van der Waals surface area (Å²) in [6.45, 7) is 0. The number of nitrogens with two attached hydrogens (primary N) is 1. The van der Waals surface area contributed by atoms with Crippen molar-refractivity contribution in [2.24, 2.45) is 5.73 Å². The number of halogens is 4. The largest absolute Gasteiger partial charge is 0.320 e. The normalized spacial score (nSPS) is 12.5. The van der Waals surface area contributed by atoms with E-state index >= 15 is 0 Å². The summed E-state index contributed by atoms with van der Waals surface area (Å²) in [7, 11) is 0. The van der Waals surface area contributed by atoms with Crippen molar-refractivity contribution >= 4 is 57.4 Å². The van der Waals surface area contributed by atoms with Crippen molar-refractivity contribution in [1.29, 1.82) is 0 Å². The molecule has 2 rings (SSSR count). The molecule has 0 amide bonds. The topological polar surface area (TPSA) is 26.0 Å². The van der Waals surface area contributed by atoms with Crippen molar-refractivity contribution in [2.45, 2.75) is 6.04 Å². The molecule has 0 fully saturated rings. The smallest absolute Gasteiger partial charge is 0.0595 e. The van der Waals surface area contributed by atoms with Crippen LogP contribution in [0.5, 0.6) is 0 Å². The highest BCUT2D eigenvalue weighted by molar-refractivity contribution is 14.1. The number of rotatable bonds is 2. The second-order valence-electron chi connectivity index (χ2n) is 3.82. The molecule has 0 radical (unpaired) electrons. The van der Waals surface area contributed by atoms with Crippen molar-refractivity contribution in [3.05, 3.63) is 66.2 Å². The SMILES string of the molecule is NC(c1ccc(Cl)c(Cl)c1)c1cc(Cl)ccc1I. The first-order chi connectivity index (χ1) is 8.49. The van der Waals surface area contributed by atoms with E-state index in [0.717, 1.165) is 14.7 Å². The lowest BCUT2D eigenvalue weighted by atomic mass is 10.00. The van der Waals surface area contributed by atoms with Crippen LogP contribution < -0.4 is 5.73 Å². The molecule has 18 heavy (non-hydrogen) atoms. The lowest BCUT2D eigenvalue weighted by Gasteiger charge is -2.15. The zero-order valence-electron chi connectivity index (χ0n) is 9.13. The molecule has 2 aromatic carbocycles. The Bertz CT molecular complexity index is 586. The summed E-state index contributed by atoms with van der Waals surface area (Å²) in [5, 5.41) is 1.69. The molecule has 0 aliphatic heterocycles. The third-order valence-electron chi connectivity index (χ3n) is 2.60. The predicted molar refractivity (Wildman–Crippen MR) is 86.7 cm³/mol. The lowest BCUT2D eigenvalue weighted by Crippen LogP contribution is -2.13. The molecule has 0 saturated heterocycles. The minimum absolute atomic E-state index is 0.273. The van der Waals surface area contributed by atoms with E-state index in [1.165, 1.54) is 0 Å². The molecule has 5 heteroatoms. The van der Waals surface area contributed by atoms with Gasteiger partial charge in [-0.3, -0.25) is 0 Å². The molecular weight excluding hydrogens is 403 g/mol. The molecule has 0 spiro atoms. The fourth-order valence-electron chi connectivity index (χ4n) is 1.64. The van der Waals surface area contributed by atoms with Gasteiger partial charge in [-0.05, 0) is 64.0 Å². The molecule has 0 saturated carbocycles. The van der Waals surface area contributed by atoms with Gasteiger partial charge in [0.05, 0.1) is 16.1 Å². The van der Waals surface area contributed by atoms with Crippen LogP contribution in [0, 0.1) is 3.57 Å². The molecule has 2 N–H and O–H groups in total. The monoisotopic (exact) mass is 411 g/mol. The Balaban J connectivity index is 2.44. The van der Waals surface area contributed by atoms with E-state index in [9.17, 15) is 0 Å². The quantitative estimate of drug-likeness (QED) is 0.666. The van der Waals surface area contributed by atoms with E-state index < -0.39 is 0 Å². The summed E-state index contributed by atoms with van der Waals surface area (Å²) in [6.07, 6.45) is 0. The Labute approximate surface area is 134 Å². The minimum atomic E-state index is -0.273. The maximum Gasteiger partial charge on any atom is 0.0595 e. The van der Waals surface area contributed by atoms with Gasteiger partial charge in [0.1, 0.15) is 0 Å². The van der Waals surface area contributed by atoms with Gasteiger partial charge < -0.3 is 5.73 Å². The van der Waals surface area contributed by atoms with Gasteiger partial charge in [-0.2, -0.15) is 0 Å². The molecule has 0 heterocycles. The van der Waals surface area contributed by atoms with Crippen LogP contribution in [-0.2, 0) is 0 Å². The average molecular weight is 412 g/mol. The molecule has 0 bridgehead atoms. The molecule has 1 unspecified atom stereocenters. The second-order valence-corrected chi connectivity index (χ2v) is 6.23.